The van der Waals surface area contributed by atoms with Gasteiger partial charge in [0.1, 0.15) is 11.6 Å². The maximum Gasteiger partial charge on any atom is 0.573 e. The molecular weight excluding hydrogens is 492 g/mol. The third-order valence-corrected chi connectivity index (χ3v) is 6.69. The number of fused-ring (bicyclic) bond motifs is 1. The maximum atomic E-state index is 14.7. The monoisotopic (exact) mass is 518 g/mol. The first-order valence-corrected chi connectivity index (χ1v) is 11.8. The van der Waals surface area contributed by atoms with Crippen LogP contribution in [-0.4, -0.2) is 51.0 Å². The number of piperazine rings is 1. The van der Waals surface area contributed by atoms with Gasteiger partial charge >= 0.3 is 12.1 Å². The zero-order valence-electron chi connectivity index (χ0n) is 20.6. The van der Waals surface area contributed by atoms with Gasteiger partial charge in [-0.15, -0.1) is 18.2 Å². The number of alkyl halides is 3. The molecular formula is C25H26F4N6O2. The van der Waals surface area contributed by atoms with Crippen LogP contribution in [-0.2, 0) is 13.6 Å². The van der Waals surface area contributed by atoms with E-state index in [0.717, 1.165) is 12.1 Å². The summed E-state index contributed by atoms with van der Waals surface area (Å²) in [6, 6.07) is 6.25. The molecule has 196 valence electrons. The van der Waals surface area contributed by atoms with Crippen molar-refractivity contribution in [3.8, 4) is 5.75 Å². The zero-order valence-corrected chi connectivity index (χ0v) is 20.6. The second-order valence-corrected chi connectivity index (χ2v) is 8.93. The molecule has 1 fully saturated rings. The lowest BCUT2D eigenvalue weighted by atomic mass is 10.0. The predicted octanol–water partition coefficient (Wildman–Crippen LogP) is 4.80. The largest absolute Gasteiger partial charge is 0.573 e. The molecule has 0 saturated carbocycles. The lowest BCUT2D eigenvalue weighted by Gasteiger charge is -2.46. The molecule has 0 amide bonds. The summed E-state index contributed by atoms with van der Waals surface area (Å²) in [6.07, 6.45) is -3.50. The van der Waals surface area contributed by atoms with E-state index in [-0.39, 0.29) is 30.0 Å². The van der Waals surface area contributed by atoms with Gasteiger partial charge in [0.2, 0.25) is 5.52 Å². The Hall–Kier alpha value is -3.72. The van der Waals surface area contributed by atoms with Gasteiger partial charge < -0.3 is 14.5 Å². The van der Waals surface area contributed by atoms with Gasteiger partial charge in [-0.3, -0.25) is 9.47 Å². The number of benzene rings is 1. The van der Waals surface area contributed by atoms with Crippen LogP contribution in [0.25, 0.3) is 15.9 Å². The molecule has 12 heteroatoms. The quantitative estimate of drug-likeness (QED) is 0.345. The second kappa shape index (κ2) is 10.3. The van der Waals surface area contributed by atoms with Crippen molar-refractivity contribution in [2.75, 3.05) is 18.0 Å². The molecule has 1 aliphatic rings. The van der Waals surface area contributed by atoms with Crippen LogP contribution in [0.4, 0.5) is 29.2 Å². The zero-order chi connectivity index (χ0) is 26.9. The maximum absolute atomic E-state index is 14.7. The SMILES string of the molecule is [C-]#[N+]c1ccc2c(n1)c(N1C[C@@H](CC)N(Cc3ccc(OC(F)(F)F)cc3F)C[C@@H]1CC)nc(=O)n2C. The highest BCUT2D eigenvalue weighted by molar-refractivity contribution is 5.87. The van der Waals surface area contributed by atoms with Crippen molar-refractivity contribution in [1.82, 2.24) is 19.4 Å². The Morgan fingerprint density at radius 3 is 2.46 bits per heavy atom. The van der Waals surface area contributed by atoms with Crippen molar-refractivity contribution in [1.29, 1.82) is 0 Å². The fourth-order valence-corrected chi connectivity index (χ4v) is 4.73. The van der Waals surface area contributed by atoms with Gasteiger partial charge in [0.25, 0.3) is 5.82 Å². The lowest BCUT2D eigenvalue weighted by Crippen LogP contribution is -2.58. The van der Waals surface area contributed by atoms with Gasteiger partial charge in [-0.1, -0.05) is 26.5 Å². The second-order valence-electron chi connectivity index (χ2n) is 8.93. The van der Waals surface area contributed by atoms with Gasteiger partial charge in [-0.25, -0.2) is 9.18 Å². The third-order valence-electron chi connectivity index (χ3n) is 6.69. The molecule has 1 saturated heterocycles. The van der Waals surface area contributed by atoms with Gasteiger partial charge in [-0.2, -0.15) is 4.98 Å². The van der Waals surface area contributed by atoms with E-state index in [2.05, 4.69) is 24.4 Å². The minimum absolute atomic E-state index is 0.0572. The van der Waals surface area contributed by atoms with E-state index < -0.39 is 23.6 Å². The van der Waals surface area contributed by atoms with Gasteiger partial charge in [-0.05, 0) is 31.0 Å². The molecule has 3 aromatic rings. The van der Waals surface area contributed by atoms with Crippen LogP contribution < -0.4 is 15.3 Å². The standard InChI is InChI=1S/C25H26F4N6O2/c1-5-16-14-35(23-22-20(33(4)24(36)32-23)9-10-21(30-3)31-22)17(6-2)13-34(16)12-15-7-8-18(11-19(15)26)37-25(27,28)29/h7-11,16-17H,5-6,12-14H2,1-2,4H3/t16-,17+/m1/s1. The predicted molar refractivity (Wildman–Crippen MR) is 130 cm³/mol. The fraction of sp³-hybridized carbons (Fsp3) is 0.440. The minimum Gasteiger partial charge on any atom is -0.406 e. The number of aryl methyl sites for hydroxylation is 1. The molecule has 4 rings (SSSR count). The van der Waals surface area contributed by atoms with Crippen molar-refractivity contribution in [3.05, 3.63) is 63.6 Å². The summed E-state index contributed by atoms with van der Waals surface area (Å²) in [6.45, 7) is 12.5. The number of aromatic nitrogens is 3. The molecule has 0 aliphatic carbocycles. The van der Waals surface area contributed by atoms with Crippen LogP contribution in [0.3, 0.4) is 0 Å². The van der Waals surface area contributed by atoms with Crippen LogP contribution in [0.5, 0.6) is 5.75 Å². The summed E-state index contributed by atoms with van der Waals surface area (Å²) in [5.74, 6) is -0.774. The van der Waals surface area contributed by atoms with Crippen molar-refractivity contribution in [3.63, 3.8) is 0 Å². The van der Waals surface area contributed by atoms with E-state index in [1.807, 2.05) is 18.7 Å². The number of hydrogen-bond acceptors (Lipinski definition) is 6. The molecule has 3 heterocycles. The van der Waals surface area contributed by atoms with Crippen LogP contribution in [0.15, 0.2) is 35.1 Å². The van der Waals surface area contributed by atoms with Crippen molar-refractivity contribution < 1.29 is 22.3 Å². The molecule has 0 unspecified atom stereocenters. The Labute approximate surface area is 210 Å². The topological polar surface area (TPSA) is 67.9 Å². The highest BCUT2D eigenvalue weighted by Crippen LogP contribution is 2.31. The molecule has 1 aromatic carbocycles. The molecule has 0 radical (unpaired) electrons. The Balaban J connectivity index is 1.65. The summed E-state index contributed by atoms with van der Waals surface area (Å²) in [7, 11) is 1.60. The lowest BCUT2D eigenvalue weighted by molar-refractivity contribution is -0.274. The normalized spacial score (nSPS) is 18.7. The van der Waals surface area contributed by atoms with Crippen LogP contribution >= 0.6 is 0 Å². The number of ether oxygens (including phenoxy) is 1. The van der Waals surface area contributed by atoms with E-state index in [4.69, 9.17) is 6.57 Å². The van der Waals surface area contributed by atoms with Gasteiger partial charge in [0.05, 0.1) is 5.52 Å². The van der Waals surface area contributed by atoms with Crippen LogP contribution in [0.1, 0.15) is 32.3 Å². The molecule has 1 aliphatic heterocycles. The molecule has 37 heavy (non-hydrogen) atoms. The van der Waals surface area contributed by atoms with Gasteiger partial charge in [0.15, 0.2) is 5.82 Å². The Morgan fingerprint density at radius 2 is 1.84 bits per heavy atom. The van der Waals surface area contributed by atoms with Crippen LogP contribution in [0, 0.1) is 12.4 Å². The summed E-state index contributed by atoms with van der Waals surface area (Å²) >= 11 is 0. The highest BCUT2D eigenvalue weighted by atomic mass is 19.4. The van der Waals surface area contributed by atoms with Crippen molar-refractivity contribution in [2.24, 2.45) is 7.05 Å². The number of rotatable bonds is 6. The third kappa shape index (κ3) is 5.51. The number of pyridine rings is 1. The number of anilines is 1. The van der Waals surface area contributed by atoms with E-state index in [1.54, 1.807) is 19.2 Å². The smallest absolute Gasteiger partial charge is 0.406 e. The van der Waals surface area contributed by atoms with Crippen molar-refractivity contribution in [2.45, 2.75) is 51.7 Å². The number of hydrogen-bond donors (Lipinski definition) is 0. The van der Waals surface area contributed by atoms with Crippen LogP contribution in [0.2, 0.25) is 0 Å². The molecule has 0 N–H and O–H groups in total. The first-order chi connectivity index (χ1) is 17.5. The summed E-state index contributed by atoms with van der Waals surface area (Å²) < 4.78 is 57.4. The van der Waals surface area contributed by atoms with E-state index >= 15 is 0 Å². The molecule has 8 nitrogen and oxygen atoms in total. The molecule has 2 aromatic heterocycles. The number of nitrogens with zero attached hydrogens (tertiary/aromatic N) is 6. The Morgan fingerprint density at radius 1 is 1.11 bits per heavy atom. The minimum atomic E-state index is -4.90. The fourth-order valence-electron chi connectivity index (χ4n) is 4.73. The van der Waals surface area contributed by atoms with Gasteiger partial charge in [0, 0.05) is 50.4 Å². The van der Waals surface area contributed by atoms with E-state index in [0.29, 0.717) is 42.8 Å². The first kappa shape index (κ1) is 26.3. The number of halogens is 4. The van der Waals surface area contributed by atoms with Crippen molar-refractivity contribution >= 4 is 22.7 Å². The molecule has 2 atom stereocenters. The Bertz CT molecular complexity index is 1400. The highest BCUT2D eigenvalue weighted by Gasteiger charge is 2.36. The first-order valence-electron chi connectivity index (χ1n) is 11.8. The summed E-state index contributed by atoms with van der Waals surface area (Å²) in [5.41, 5.74) is 0.852. The Kier molecular flexibility index (Phi) is 7.36. The van der Waals surface area contributed by atoms with E-state index in [9.17, 15) is 22.4 Å². The molecule has 0 bridgehead atoms. The summed E-state index contributed by atoms with van der Waals surface area (Å²) in [5, 5.41) is 0. The summed E-state index contributed by atoms with van der Waals surface area (Å²) in [4.78, 5) is 29.0. The van der Waals surface area contributed by atoms with E-state index in [1.165, 1.54) is 10.6 Å². The average Bonchev–Trinajstić information content (AvgIpc) is 2.86. The average molecular weight is 519 g/mol. The molecule has 0 spiro atoms.